The number of hydrogen-bond donors (Lipinski definition) is 1. The van der Waals surface area contributed by atoms with E-state index in [9.17, 15) is 18.0 Å². The number of unbranched alkanes of at least 4 members (excludes halogenated alkanes) is 1. The van der Waals surface area contributed by atoms with E-state index in [0.717, 1.165) is 29.4 Å². The quantitative estimate of drug-likeness (QED) is 0.158. The monoisotopic (exact) mass is 651 g/mol. The van der Waals surface area contributed by atoms with Crippen molar-refractivity contribution in [3.05, 3.63) is 106 Å². The predicted octanol–water partition coefficient (Wildman–Crippen LogP) is 6.99. The predicted molar refractivity (Wildman–Crippen MR) is 177 cm³/mol. The van der Waals surface area contributed by atoms with Crippen LogP contribution in [0.25, 0.3) is 10.8 Å². The lowest BCUT2D eigenvalue weighted by Gasteiger charge is -2.32. The van der Waals surface area contributed by atoms with Crippen molar-refractivity contribution in [3.63, 3.8) is 0 Å². The molecule has 0 saturated carbocycles. The molecule has 44 heavy (non-hydrogen) atoms. The third kappa shape index (κ3) is 6.88. The molecular formula is C34H35Cl2N3O4S. The Morgan fingerprint density at radius 3 is 2.36 bits per heavy atom. The Bertz CT molecular complexity index is 1760. The maximum absolute atomic E-state index is 14.0. The average molecular weight is 653 g/mol. The zero-order chi connectivity index (χ0) is 31.3. The van der Waals surface area contributed by atoms with E-state index in [1.54, 1.807) is 41.3 Å². The summed E-state index contributed by atoms with van der Waals surface area (Å²) in [6, 6.07) is 24.7. The summed E-state index contributed by atoms with van der Waals surface area (Å²) < 4.78 is 28.3. The van der Waals surface area contributed by atoms with Gasteiger partial charge in [-0.1, -0.05) is 97.2 Å². The lowest BCUT2D eigenvalue weighted by Crippen LogP contribution is -2.50. The molecule has 1 N–H and O–H groups in total. The summed E-state index contributed by atoms with van der Waals surface area (Å²) in [4.78, 5) is 29.5. The highest BCUT2D eigenvalue weighted by atomic mass is 35.5. The maximum Gasteiger partial charge on any atom is 0.265 e. The molecule has 2 amide bonds. The van der Waals surface area contributed by atoms with Gasteiger partial charge in [0.15, 0.2) is 0 Å². The molecule has 0 radical (unpaired) electrons. The van der Waals surface area contributed by atoms with E-state index in [1.165, 1.54) is 4.31 Å². The third-order valence-corrected chi connectivity index (χ3v) is 10.5. The van der Waals surface area contributed by atoms with Crippen molar-refractivity contribution in [2.75, 3.05) is 17.4 Å². The number of carbonyl (C=O) groups is 2. The van der Waals surface area contributed by atoms with Crippen molar-refractivity contribution in [2.45, 2.75) is 56.5 Å². The van der Waals surface area contributed by atoms with Crippen LogP contribution < -0.4 is 9.62 Å². The summed E-state index contributed by atoms with van der Waals surface area (Å²) >= 11 is 12.5. The van der Waals surface area contributed by atoms with E-state index in [4.69, 9.17) is 23.2 Å². The SMILES string of the molecule is CCCCNC(=O)C(Cc1ccccc1)N(Cc1ccc(Cl)c(Cl)c1)C(=O)CCCN1c2cccc3cccc(c23)S1(=O)=O. The molecule has 4 aromatic rings. The molecule has 0 saturated heterocycles. The zero-order valence-electron chi connectivity index (χ0n) is 24.5. The van der Waals surface area contributed by atoms with Crippen LogP contribution in [-0.4, -0.2) is 44.3 Å². The van der Waals surface area contributed by atoms with Gasteiger partial charge in [0.05, 0.1) is 20.6 Å². The van der Waals surface area contributed by atoms with Gasteiger partial charge < -0.3 is 10.2 Å². The van der Waals surface area contributed by atoms with E-state index in [-0.39, 0.29) is 42.6 Å². The highest BCUT2D eigenvalue weighted by Gasteiger charge is 2.36. The summed E-state index contributed by atoms with van der Waals surface area (Å²) in [6.45, 7) is 2.83. The van der Waals surface area contributed by atoms with Gasteiger partial charge in [0, 0.05) is 37.9 Å². The lowest BCUT2D eigenvalue weighted by atomic mass is 10.0. The van der Waals surface area contributed by atoms with Crippen LogP contribution >= 0.6 is 23.2 Å². The Morgan fingerprint density at radius 1 is 0.886 bits per heavy atom. The number of anilines is 1. The summed E-state index contributed by atoms with van der Waals surface area (Å²) in [5.74, 6) is -0.491. The highest BCUT2D eigenvalue weighted by molar-refractivity contribution is 7.93. The number of hydrogen-bond acceptors (Lipinski definition) is 4. The van der Waals surface area contributed by atoms with Gasteiger partial charge in [-0.05, 0) is 53.6 Å². The van der Waals surface area contributed by atoms with Crippen LogP contribution in [0, 0.1) is 0 Å². The van der Waals surface area contributed by atoms with E-state index in [1.807, 2.05) is 55.5 Å². The molecular weight excluding hydrogens is 617 g/mol. The molecule has 0 fully saturated rings. The first-order valence-electron chi connectivity index (χ1n) is 14.8. The molecule has 0 bridgehead atoms. The Balaban J connectivity index is 1.40. The minimum atomic E-state index is -3.74. The first-order valence-corrected chi connectivity index (χ1v) is 17.0. The second kappa shape index (κ2) is 14.0. The summed E-state index contributed by atoms with van der Waals surface area (Å²) in [5.41, 5.74) is 2.27. The van der Waals surface area contributed by atoms with Crippen molar-refractivity contribution in [2.24, 2.45) is 0 Å². The van der Waals surface area contributed by atoms with Gasteiger partial charge in [0.1, 0.15) is 6.04 Å². The topological polar surface area (TPSA) is 86.8 Å². The van der Waals surface area contributed by atoms with Crippen LogP contribution in [0.5, 0.6) is 0 Å². The fraction of sp³-hybridized carbons (Fsp3) is 0.294. The van der Waals surface area contributed by atoms with Gasteiger partial charge >= 0.3 is 0 Å². The molecule has 4 aromatic carbocycles. The smallest absolute Gasteiger partial charge is 0.265 e. The van der Waals surface area contributed by atoms with Crippen molar-refractivity contribution in [1.29, 1.82) is 0 Å². The minimum Gasteiger partial charge on any atom is -0.354 e. The molecule has 1 atom stereocenters. The highest BCUT2D eigenvalue weighted by Crippen LogP contribution is 2.42. The average Bonchev–Trinajstić information content (AvgIpc) is 3.24. The number of benzene rings is 4. The van der Waals surface area contributed by atoms with Crippen molar-refractivity contribution >= 4 is 61.5 Å². The molecule has 0 aromatic heterocycles. The Morgan fingerprint density at radius 2 is 1.64 bits per heavy atom. The fourth-order valence-electron chi connectivity index (χ4n) is 5.61. The molecule has 0 spiro atoms. The van der Waals surface area contributed by atoms with E-state index < -0.39 is 16.1 Å². The third-order valence-electron chi connectivity index (χ3n) is 7.87. The minimum absolute atomic E-state index is 0.0488. The first-order chi connectivity index (χ1) is 21.2. The van der Waals surface area contributed by atoms with Gasteiger partial charge in [-0.15, -0.1) is 0 Å². The number of halogens is 2. The van der Waals surface area contributed by atoms with Crippen LogP contribution in [0.1, 0.15) is 43.7 Å². The van der Waals surface area contributed by atoms with Gasteiger partial charge in [-0.25, -0.2) is 8.42 Å². The van der Waals surface area contributed by atoms with Gasteiger partial charge in [-0.2, -0.15) is 0 Å². The molecule has 10 heteroatoms. The van der Waals surface area contributed by atoms with Gasteiger partial charge in [0.25, 0.3) is 10.0 Å². The maximum atomic E-state index is 14.0. The summed E-state index contributed by atoms with van der Waals surface area (Å²) in [5, 5.41) is 5.32. The van der Waals surface area contributed by atoms with E-state index in [2.05, 4.69) is 5.32 Å². The molecule has 1 unspecified atom stereocenters. The largest absolute Gasteiger partial charge is 0.354 e. The van der Waals surface area contributed by atoms with Crippen molar-refractivity contribution in [3.8, 4) is 0 Å². The molecule has 1 heterocycles. The number of sulfonamides is 1. The number of nitrogens with zero attached hydrogens (tertiary/aromatic N) is 2. The second-order valence-corrected chi connectivity index (χ2v) is 13.6. The van der Waals surface area contributed by atoms with Crippen LogP contribution in [0.4, 0.5) is 5.69 Å². The normalized spacial score (nSPS) is 14.0. The van der Waals surface area contributed by atoms with Gasteiger partial charge in [0.2, 0.25) is 11.8 Å². The summed E-state index contributed by atoms with van der Waals surface area (Å²) in [6.07, 6.45) is 2.39. The number of rotatable bonds is 13. The first kappa shape index (κ1) is 31.8. The van der Waals surface area contributed by atoms with Crippen LogP contribution in [0.3, 0.4) is 0 Å². The number of nitrogens with one attached hydrogen (secondary N) is 1. The molecule has 7 nitrogen and oxygen atoms in total. The standard InChI is InChI=1S/C34H35Cl2N3O4S/c1-2-3-19-37-34(41)30(22-24-10-5-4-6-11-24)38(23-25-17-18-27(35)28(36)21-25)32(40)16-9-20-39-29-14-7-12-26-13-8-15-31(33(26)29)44(39,42)43/h4-8,10-15,17-18,21,30H,2-3,9,16,19-20,22-23H2,1H3,(H,37,41). The Labute approximate surface area is 268 Å². The second-order valence-electron chi connectivity index (χ2n) is 10.9. The van der Waals surface area contributed by atoms with E-state index >= 15 is 0 Å². The molecule has 5 rings (SSSR count). The van der Waals surface area contributed by atoms with Crippen LogP contribution in [-0.2, 0) is 32.6 Å². The molecule has 1 aliphatic rings. The van der Waals surface area contributed by atoms with Crippen molar-refractivity contribution in [1.82, 2.24) is 10.2 Å². The van der Waals surface area contributed by atoms with E-state index in [0.29, 0.717) is 34.1 Å². The lowest BCUT2D eigenvalue weighted by molar-refractivity contribution is -0.141. The number of amides is 2. The molecule has 1 aliphatic heterocycles. The van der Waals surface area contributed by atoms with Gasteiger partial charge in [-0.3, -0.25) is 13.9 Å². The number of carbonyl (C=O) groups excluding carboxylic acids is 2. The Hall–Kier alpha value is -3.59. The van der Waals surface area contributed by atoms with Crippen LogP contribution in [0.2, 0.25) is 10.0 Å². The zero-order valence-corrected chi connectivity index (χ0v) is 26.8. The van der Waals surface area contributed by atoms with Crippen molar-refractivity contribution < 1.29 is 18.0 Å². The Kier molecular flexibility index (Phi) is 10.1. The summed E-state index contributed by atoms with van der Waals surface area (Å²) in [7, 11) is -3.74. The molecule has 230 valence electrons. The fourth-order valence-corrected chi connectivity index (χ4v) is 7.68. The molecule has 0 aliphatic carbocycles. The van der Waals surface area contributed by atoms with Crippen LogP contribution in [0.15, 0.2) is 89.8 Å².